The summed E-state index contributed by atoms with van der Waals surface area (Å²) in [6, 6.07) is 9.66. The van der Waals surface area contributed by atoms with Crippen LogP contribution in [-0.4, -0.2) is 33.7 Å². The Morgan fingerprint density at radius 3 is 2.60 bits per heavy atom. The van der Waals surface area contributed by atoms with Crippen LogP contribution in [0.1, 0.15) is 17.0 Å². The number of fused-ring (bicyclic) bond motifs is 2. The van der Waals surface area contributed by atoms with Gasteiger partial charge in [-0.1, -0.05) is 17.7 Å². The summed E-state index contributed by atoms with van der Waals surface area (Å²) in [4.78, 5) is 15.6. The topological polar surface area (TPSA) is 73.5 Å². The van der Waals surface area contributed by atoms with Gasteiger partial charge in [-0.15, -0.1) is 0 Å². The summed E-state index contributed by atoms with van der Waals surface area (Å²) in [5.41, 5.74) is 4.49. The zero-order chi connectivity index (χ0) is 20.7. The van der Waals surface area contributed by atoms with Gasteiger partial charge in [-0.25, -0.2) is 4.98 Å². The molecule has 1 aliphatic heterocycles. The number of rotatable bonds is 5. The van der Waals surface area contributed by atoms with E-state index >= 15 is 0 Å². The maximum absolute atomic E-state index is 6.41. The average Bonchev–Trinajstić information content (AvgIpc) is 3.33. The van der Waals surface area contributed by atoms with Crippen molar-refractivity contribution in [1.29, 1.82) is 0 Å². The van der Waals surface area contributed by atoms with Crippen LogP contribution in [0.15, 0.2) is 47.1 Å². The second-order valence-corrected chi connectivity index (χ2v) is 7.67. The predicted molar refractivity (Wildman–Crippen MR) is 113 cm³/mol. The smallest absolute Gasteiger partial charge is 0.231 e. The standard InChI is InChI=1S/C22H19ClN4O3/c1-13-19(11-27(2)10-14-3-4-17-18(7-14)25-6-5-24-17)26-22(30-13)15-8-20-21(9-16(15)23)29-12-28-20/h3-9H,10-12H2,1-2H3. The minimum atomic E-state index is 0.191. The summed E-state index contributed by atoms with van der Waals surface area (Å²) < 4.78 is 16.7. The third-order valence-electron chi connectivity index (χ3n) is 4.99. The van der Waals surface area contributed by atoms with Crippen molar-refractivity contribution in [3.63, 3.8) is 0 Å². The quantitative estimate of drug-likeness (QED) is 0.465. The Morgan fingerprint density at radius 2 is 1.77 bits per heavy atom. The Kier molecular flexibility index (Phi) is 4.77. The molecule has 5 rings (SSSR count). The molecule has 0 atom stereocenters. The zero-order valence-corrected chi connectivity index (χ0v) is 17.3. The highest BCUT2D eigenvalue weighted by atomic mass is 35.5. The largest absolute Gasteiger partial charge is 0.454 e. The Bertz CT molecular complexity index is 1240. The van der Waals surface area contributed by atoms with Gasteiger partial charge in [-0.05, 0) is 37.7 Å². The summed E-state index contributed by atoms with van der Waals surface area (Å²) >= 11 is 6.41. The fourth-order valence-electron chi connectivity index (χ4n) is 3.50. The van der Waals surface area contributed by atoms with E-state index in [4.69, 9.17) is 25.5 Å². The van der Waals surface area contributed by atoms with Gasteiger partial charge in [0.2, 0.25) is 12.7 Å². The van der Waals surface area contributed by atoms with Gasteiger partial charge in [0.25, 0.3) is 0 Å². The molecule has 0 saturated carbocycles. The molecule has 0 radical (unpaired) electrons. The van der Waals surface area contributed by atoms with E-state index in [1.807, 2.05) is 20.0 Å². The summed E-state index contributed by atoms with van der Waals surface area (Å²) in [6.45, 7) is 3.48. The number of halogens is 1. The normalized spacial score (nSPS) is 12.8. The van der Waals surface area contributed by atoms with Gasteiger partial charge in [0.05, 0.1) is 27.3 Å². The molecular formula is C22H19ClN4O3. The highest BCUT2D eigenvalue weighted by molar-refractivity contribution is 6.33. The minimum Gasteiger partial charge on any atom is -0.454 e. The molecule has 0 aliphatic carbocycles. The monoisotopic (exact) mass is 422 g/mol. The number of hydrogen-bond donors (Lipinski definition) is 0. The van der Waals surface area contributed by atoms with Gasteiger partial charge in [0.15, 0.2) is 11.5 Å². The summed E-state index contributed by atoms with van der Waals surface area (Å²) in [6.07, 6.45) is 3.41. The molecule has 0 amide bonds. The molecule has 8 heteroatoms. The first-order valence-corrected chi connectivity index (χ1v) is 9.88. The van der Waals surface area contributed by atoms with Crippen molar-refractivity contribution in [3.8, 4) is 23.0 Å². The van der Waals surface area contributed by atoms with Gasteiger partial charge in [0.1, 0.15) is 5.76 Å². The van der Waals surface area contributed by atoms with Gasteiger partial charge in [0, 0.05) is 31.5 Å². The first-order chi connectivity index (χ1) is 14.6. The summed E-state index contributed by atoms with van der Waals surface area (Å²) in [5.74, 6) is 2.51. The van der Waals surface area contributed by atoms with Crippen molar-refractivity contribution in [2.24, 2.45) is 0 Å². The second kappa shape index (κ2) is 7.59. The Balaban J connectivity index is 1.34. The number of nitrogens with zero attached hydrogens (tertiary/aromatic N) is 4. The van der Waals surface area contributed by atoms with Gasteiger partial charge >= 0.3 is 0 Å². The SMILES string of the molecule is Cc1oc(-c2cc3c(cc2Cl)OCO3)nc1CN(C)Cc1ccc2nccnc2c1. The van der Waals surface area contributed by atoms with Crippen LogP contribution in [0, 0.1) is 6.92 Å². The van der Waals surface area contributed by atoms with E-state index < -0.39 is 0 Å². The summed E-state index contributed by atoms with van der Waals surface area (Å²) in [7, 11) is 2.04. The van der Waals surface area contributed by atoms with Crippen LogP contribution >= 0.6 is 11.6 Å². The number of aromatic nitrogens is 3. The first kappa shape index (κ1) is 18.8. The maximum Gasteiger partial charge on any atom is 0.231 e. The summed E-state index contributed by atoms with van der Waals surface area (Å²) in [5, 5.41) is 0.512. The highest BCUT2D eigenvalue weighted by Crippen LogP contribution is 2.41. The van der Waals surface area contributed by atoms with E-state index in [-0.39, 0.29) is 6.79 Å². The Labute approximate surface area is 178 Å². The van der Waals surface area contributed by atoms with Crippen LogP contribution < -0.4 is 9.47 Å². The van der Waals surface area contributed by atoms with Gasteiger partial charge < -0.3 is 13.9 Å². The van der Waals surface area contributed by atoms with Gasteiger partial charge in [-0.2, -0.15) is 0 Å². The molecule has 4 aromatic rings. The molecule has 7 nitrogen and oxygen atoms in total. The first-order valence-electron chi connectivity index (χ1n) is 9.51. The van der Waals surface area contributed by atoms with Crippen molar-refractivity contribution in [2.45, 2.75) is 20.0 Å². The van der Waals surface area contributed by atoms with Crippen molar-refractivity contribution >= 4 is 22.6 Å². The highest BCUT2D eigenvalue weighted by Gasteiger charge is 2.21. The molecule has 0 N–H and O–H groups in total. The number of ether oxygens (including phenoxy) is 2. The predicted octanol–water partition coefficient (Wildman–Crippen LogP) is 4.61. The molecule has 152 valence electrons. The fourth-order valence-corrected chi connectivity index (χ4v) is 3.74. The third-order valence-corrected chi connectivity index (χ3v) is 5.30. The van der Waals surface area contributed by atoms with E-state index in [2.05, 4.69) is 32.0 Å². The number of hydrogen-bond acceptors (Lipinski definition) is 7. The molecule has 30 heavy (non-hydrogen) atoms. The van der Waals surface area contributed by atoms with Crippen LogP contribution in [0.4, 0.5) is 0 Å². The minimum absolute atomic E-state index is 0.191. The van der Waals surface area contributed by atoms with Crippen molar-refractivity contribution in [2.75, 3.05) is 13.8 Å². The van der Waals surface area contributed by atoms with Crippen LogP contribution in [0.3, 0.4) is 0 Å². The zero-order valence-electron chi connectivity index (χ0n) is 16.6. The molecule has 0 fully saturated rings. The molecule has 1 aliphatic rings. The molecule has 2 aromatic heterocycles. The van der Waals surface area contributed by atoms with E-state index in [1.165, 1.54) is 0 Å². The molecule has 0 bridgehead atoms. The Morgan fingerprint density at radius 1 is 1.00 bits per heavy atom. The van der Waals surface area contributed by atoms with E-state index in [1.54, 1.807) is 24.5 Å². The van der Waals surface area contributed by atoms with Crippen molar-refractivity contribution in [3.05, 3.63) is 64.8 Å². The molecule has 3 heterocycles. The van der Waals surface area contributed by atoms with Crippen LogP contribution in [-0.2, 0) is 13.1 Å². The molecule has 0 saturated heterocycles. The second-order valence-electron chi connectivity index (χ2n) is 7.26. The number of oxazole rings is 1. The number of benzene rings is 2. The van der Waals surface area contributed by atoms with Crippen LogP contribution in [0.25, 0.3) is 22.5 Å². The van der Waals surface area contributed by atoms with Crippen LogP contribution in [0.2, 0.25) is 5.02 Å². The fraction of sp³-hybridized carbons (Fsp3) is 0.227. The van der Waals surface area contributed by atoms with E-state index in [0.717, 1.165) is 34.6 Å². The lowest BCUT2D eigenvalue weighted by molar-refractivity contribution is 0.174. The lowest BCUT2D eigenvalue weighted by Crippen LogP contribution is -2.18. The Hall–Kier alpha value is -3.16. The van der Waals surface area contributed by atoms with Crippen LogP contribution in [0.5, 0.6) is 11.5 Å². The number of aryl methyl sites for hydroxylation is 1. The lowest BCUT2D eigenvalue weighted by Gasteiger charge is -2.15. The van der Waals surface area contributed by atoms with Crippen molar-refractivity contribution < 1.29 is 13.9 Å². The lowest BCUT2D eigenvalue weighted by atomic mass is 10.2. The molecule has 0 spiro atoms. The molecular weight excluding hydrogens is 404 g/mol. The average molecular weight is 423 g/mol. The third kappa shape index (κ3) is 3.58. The van der Waals surface area contributed by atoms with Crippen molar-refractivity contribution in [1.82, 2.24) is 19.9 Å². The maximum atomic E-state index is 6.41. The van der Waals surface area contributed by atoms with E-state index in [0.29, 0.717) is 34.5 Å². The van der Waals surface area contributed by atoms with E-state index in [9.17, 15) is 0 Å². The molecule has 2 aromatic carbocycles. The molecule has 0 unspecified atom stereocenters. The van der Waals surface area contributed by atoms with Gasteiger partial charge in [-0.3, -0.25) is 14.9 Å².